The Hall–Kier alpha value is -2.64. The monoisotopic (exact) mass is 367 g/mol. The molecule has 0 bridgehead atoms. The Bertz CT molecular complexity index is 839. The minimum absolute atomic E-state index is 0.0335. The van der Waals surface area contributed by atoms with E-state index in [2.05, 4.69) is 10.6 Å². The van der Waals surface area contributed by atoms with Crippen LogP contribution in [0.4, 0.5) is 17.1 Å². The smallest absolute Gasteiger partial charge is 0.314 e. The minimum Gasteiger partial charge on any atom is -0.317 e. The lowest BCUT2D eigenvalue weighted by Crippen LogP contribution is -2.29. The van der Waals surface area contributed by atoms with Crippen molar-refractivity contribution in [3.63, 3.8) is 0 Å². The number of hydrogen-bond donors (Lipinski definition) is 2. The number of anilines is 2. The van der Waals surface area contributed by atoms with Crippen LogP contribution in [0.2, 0.25) is 10.0 Å². The van der Waals surface area contributed by atoms with Crippen LogP contribution in [0, 0.1) is 17.0 Å². The molecular weight excluding hydrogens is 357 g/mol. The van der Waals surface area contributed by atoms with Crippen molar-refractivity contribution in [3.05, 3.63) is 62.1 Å². The lowest BCUT2D eigenvalue weighted by molar-refractivity contribution is -0.384. The summed E-state index contributed by atoms with van der Waals surface area (Å²) < 4.78 is 0. The standard InChI is InChI=1S/C15H11Cl2N3O4/c1-8-10(16)3-2-4-12(8)18-14(21)15(22)19-13-7-9(20(23)24)5-6-11(13)17/h2-7H,1H3,(H,18,21)(H,19,22). The van der Waals surface area contributed by atoms with Crippen molar-refractivity contribution in [3.8, 4) is 0 Å². The van der Waals surface area contributed by atoms with Crippen molar-refractivity contribution in [1.82, 2.24) is 0 Å². The van der Waals surface area contributed by atoms with Crippen molar-refractivity contribution in [2.24, 2.45) is 0 Å². The van der Waals surface area contributed by atoms with E-state index in [1.807, 2.05) is 0 Å². The predicted octanol–water partition coefficient (Wildman–Crippen LogP) is 3.79. The van der Waals surface area contributed by atoms with Crippen LogP contribution in [0.15, 0.2) is 36.4 Å². The number of halogens is 2. The third-order valence-electron chi connectivity index (χ3n) is 3.13. The van der Waals surface area contributed by atoms with Gasteiger partial charge in [-0.25, -0.2) is 0 Å². The van der Waals surface area contributed by atoms with Gasteiger partial charge < -0.3 is 10.6 Å². The van der Waals surface area contributed by atoms with E-state index in [1.165, 1.54) is 12.1 Å². The van der Waals surface area contributed by atoms with Crippen molar-refractivity contribution in [2.45, 2.75) is 6.92 Å². The molecule has 2 N–H and O–H groups in total. The average molecular weight is 368 g/mol. The minimum atomic E-state index is -1.02. The maximum Gasteiger partial charge on any atom is 0.314 e. The molecule has 0 spiro atoms. The third kappa shape index (κ3) is 4.01. The number of nitro groups is 1. The molecular formula is C15H11Cl2N3O4. The van der Waals surface area contributed by atoms with Gasteiger partial charge in [-0.05, 0) is 30.7 Å². The van der Waals surface area contributed by atoms with Crippen LogP contribution in [-0.4, -0.2) is 16.7 Å². The zero-order valence-electron chi connectivity index (χ0n) is 12.3. The second-order valence-corrected chi connectivity index (χ2v) is 5.56. The number of hydrogen-bond acceptors (Lipinski definition) is 4. The number of nitrogens with zero attached hydrogens (tertiary/aromatic N) is 1. The molecule has 0 fully saturated rings. The normalized spacial score (nSPS) is 10.1. The molecule has 0 radical (unpaired) electrons. The van der Waals surface area contributed by atoms with Gasteiger partial charge in [0.2, 0.25) is 0 Å². The molecule has 0 saturated heterocycles. The second kappa shape index (κ2) is 7.29. The molecule has 0 aromatic heterocycles. The Morgan fingerprint density at radius 3 is 2.25 bits per heavy atom. The molecule has 0 atom stereocenters. The fraction of sp³-hybridized carbons (Fsp3) is 0.0667. The summed E-state index contributed by atoms with van der Waals surface area (Å²) in [6.45, 7) is 1.69. The fourth-order valence-electron chi connectivity index (χ4n) is 1.82. The number of carbonyl (C=O) groups excluding carboxylic acids is 2. The highest BCUT2D eigenvalue weighted by molar-refractivity contribution is 6.45. The summed E-state index contributed by atoms with van der Waals surface area (Å²) in [6.07, 6.45) is 0. The van der Waals surface area contributed by atoms with Crippen LogP contribution < -0.4 is 10.6 Å². The van der Waals surface area contributed by atoms with Crippen LogP contribution >= 0.6 is 23.2 Å². The number of amides is 2. The van der Waals surface area contributed by atoms with Gasteiger partial charge in [-0.15, -0.1) is 0 Å². The lowest BCUT2D eigenvalue weighted by atomic mass is 10.2. The molecule has 0 saturated carbocycles. The molecule has 2 rings (SSSR count). The first-order chi connectivity index (χ1) is 11.3. The molecule has 0 aliphatic rings. The van der Waals surface area contributed by atoms with Gasteiger partial charge in [0.05, 0.1) is 15.6 Å². The average Bonchev–Trinajstić information content (AvgIpc) is 2.53. The van der Waals surface area contributed by atoms with Crippen LogP contribution in [0.25, 0.3) is 0 Å². The summed E-state index contributed by atoms with van der Waals surface area (Å²) in [6, 6.07) is 8.38. The molecule has 2 aromatic carbocycles. The summed E-state index contributed by atoms with van der Waals surface area (Å²) in [5.74, 6) is -1.97. The number of non-ortho nitro benzene ring substituents is 1. The maximum atomic E-state index is 12.0. The van der Waals surface area contributed by atoms with Crippen molar-refractivity contribution < 1.29 is 14.5 Å². The Kier molecular flexibility index (Phi) is 5.38. The van der Waals surface area contributed by atoms with E-state index in [0.29, 0.717) is 16.3 Å². The first-order valence-electron chi connectivity index (χ1n) is 6.61. The zero-order valence-corrected chi connectivity index (χ0v) is 13.8. The van der Waals surface area contributed by atoms with E-state index in [9.17, 15) is 19.7 Å². The van der Waals surface area contributed by atoms with E-state index in [0.717, 1.165) is 6.07 Å². The molecule has 0 aliphatic heterocycles. The highest BCUT2D eigenvalue weighted by Crippen LogP contribution is 2.27. The van der Waals surface area contributed by atoms with Crippen LogP contribution in [0.1, 0.15) is 5.56 Å². The van der Waals surface area contributed by atoms with E-state index in [1.54, 1.807) is 25.1 Å². The number of benzene rings is 2. The Labute approximate surface area is 146 Å². The van der Waals surface area contributed by atoms with E-state index in [4.69, 9.17) is 23.2 Å². The SMILES string of the molecule is Cc1c(Cl)cccc1NC(=O)C(=O)Nc1cc([N+](=O)[O-])ccc1Cl. The number of rotatable bonds is 3. The summed E-state index contributed by atoms with van der Waals surface area (Å²) >= 11 is 11.8. The number of nitrogens with one attached hydrogen (secondary N) is 2. The summed E-state index contributed by atoms with van der Waals surface area (Å²) in [7, 11) is 0. The highest BCUT2D eigenvalue weighted by atomic mass is 35.5. The number of nitro benzene ring substituents is 1. The van der Waals surface area contributed by atoms with Crippen molar-refractivity contribution in [2.75, 3.05) is 10.6 Å². The molecule has 24 heavy (non-hydrogen) atoms. The van der Waals surface area contributed by atoms with Gasteiger partial charge in [0, 0.05) is 22.8 Å². The Balaban J connectivity index is 2.15. The molecule has 124 valence electrons. The molecule has 0 unspecified atom stereocenters. The molecule has 0 aliphatic carbocycles. The zero-order chi connectivity index (χ0) is 17.9. The van der Waals surface area contributed by atoms with Crippen LogP contribution in [-0.2, 0) is 9.59 Å². The maximum absolute atomic E-state index is 12.0. The van der Waals surface area contributed by atoms with Gasteiger partial charge in [-0.1, -0.05) is 29.3 Å². The largest absolute Gasteiger partial charge is 0.317 e. The van der Waals surface area contributed by atoms with Gasteiger partial charge in [0.1, 0.15) is 0 Å². The summed E-state index contributed by atoms with van der Waals surface area (Å²) in [4.78, 5) is 34.0. The lowest BCUT2D eigenvalue weighted by Gasteiger charge is -2.10. The predicted molar refractivity (Wildman–Crippen MR) is 91.6 cm³/mol. The first kappa shape index (κ1) is 17.7. The summed E-state index contributed by atoms with van der Waals surface area (Å²) in [5.41, 5.74) is 0.691. The third-order valence-corrected chi connectivity index (χ3v) is 3.87. The van der Waals surface area contributed by atoms with Crippen molar-refractivity contribution in [1.29, 1.82) is 0 Å². The molecule has 7 nitrogen and oxygen atoms in total. The van der Waals surface area contributed by atoms with E-state index >= 15 is 0 Å². The van der Waals surface area contributed by atoms with Gasteiger partial charge >= 0.3 is 11.8 Å². The topological polar surface area (TPSA) is 101 Å². The Morgan fingerprint density at radius 1 is 1.00 bits per heavy atom. The molecule has 0 heterocycles. The van der Waals surface area contributed by atoms with Gasteiger partial charge in [0.15, 0.2) is 0 Å². The van der Waals surface area contributed by atoms with E-state index in [-0.39, 0.29) is 16.4 Å². The van der Waals surface area contributed by atoms with Crippen molar-refractivity contribution >= 4 is 52.1 Å². The molecule has 2 aromatic rings. The fourth-order valence-corrected chi connectivity index (χ4v) is 2.16. The van der Waals surface area contributed by atoms with E-state index < -0.39 is 16.7 Å². The van der Waals surface area contributed by atoms with Crippen LogP contribution in [0.3, 0.4) is 0 Å². The number of carbonyl (C=O) groups is 2. The highest BCUT2D eigenvalue weighted by Gasteiger charge is 2.18. The van der Waals surface area contributed by atoms with Crippen LogP contribution in [0.5, 0.6) is 0 Å². The first-order valence-corrected chi connectivity index (χ1v) is 7.36. The quantitative estimate of drug-likeness (QED) is 0.489. The Morgan fingerprint density at radius 2 is 1.62 bits per heavy atom. The second-order valence-electron chi connectivity index (χ2n) is 4.74. The summed E-state index contributed by atoms with van der Waals surface area (Å²) in [5, 5.41) is 15.9. The molecule has 2 amide bonds. The van der Waals surface area contributed by atoms with Gasteiger partial charge in [0.25, 0.3) is 5.69 Å². The van der Waals surface area contributed by atoms with Gasteiger partial charge in [-0.3, -0.25) is 19.7 Å². The molecule has 9 heteroatoms. The van der Waals surface area contributed by atoms with Gasteiger partial charge in [-0.2, -0.15) is 0 Å².